The normalized spacial score (nSPS) is 10.5. The zero-order valence-corrected chi connectivity index (χ0v) is 12.3. The molecule has 0 unspecified atom stereocenters. The Kier molecular flexibility index (Phi) is 3.84. The minimum absolute atomic E-state index is 0.0420. The number of fused-ring (bicyclic) bond motifs is 1. The maximum Gasteiger partial charge on any atom is 0.259 e. The Morgan fingerprint density at radius 1 is 0.857 bits per heavy atom. The van der Waals surface area contributed by atoms with Crippen LogP contribution in [0.5, 0.6) is 5.75 Å². The fourth-order valence-electron chi connectivity index (χ4n) is 2.51. The van der Waals surface area contributed by atoms with Crippen molar-refractivity contribution in [1.82, 2.24) is 0 Å². The summed E-state index contributed by atoms with van der Waals surface area (Å²) in [6, 6.07) is 22.5. The number of thiocarbonyl (C=S) groups is 1. The van der Waals surface area contributed by atoms with Crippen LogP contribution in [0.3, 0.4) is 0 Å². The number of hydrogen-bond acceptors (Lipinski definition) is 2. The molecule has 3 heteroatoms. The molecule has 3 aromatic rings. The summed E-state index contributed by atoms with van der Waals surface area (Å²) in [5.74, 6) is 0.720. The molecule has 21 heavy (non-hydrogen) atoms. The van der Waals surface area contributed by atoms with Crippen molar-refractivity contribution in [3.8, 4) is 5.75 Å². The second kappa shape index (κ2) is 5.94. The van der Waals surface area contributed by atoms with E-state index in [1.807, 2.05) is 24.3 Å². The number of rotatable bonds is 3. The third-order valence-corrected chi connectivity index (χ3v) is 3.53. The molecule has 0 amide bonds. The summed E-state index contributed by atoms with van der Waals surface area (Å²) < 4.78 is 5.44. The first kappa shape index (κ1) is 13.6. The van der Waals surface area contributed by atoms with Crippen LogP contribution >= 0.6 is 12.2 Å². The van der Waals surface area contributed by atoms with Crippen molar-refractivity contribution in [1.29, 1.82) is 0 Å². The third-order valence-electron chi connectivity index (χ3n) is 3.44. The van der Waals surface area contributed by atoms with Crippen LogP contribution in [-0.2, 0) is 6.42 Å². The lowest BCUT2D eigenvalue weighted by Gasteiger charge is -2.11. The molecule has 0 aliphatic carbocycles. The van der Waals surface area contributed by atoms with Gasteiger partial charge in [0, 0.05) is 6.42 Å². The van der Waals surface area contributed by atoms with Crippen molar-refractivity contribution in [2.24, 2.45) is 5.73 Å². The fourth-order valence-corrected chi connectivity index (χ4v) is 2.60. The maximum atomic E-state index is 5.49. The zero-order chi connectivity index (χ0) is 14.7. The van der Waals surface area contributed by atoms with Crippen LogP contribution < -0.4 is 10.5 Å². The Balaban J connectivity index is 2.01. The van der Waals surface area contributed by atoms with Crippen molar-refractivity contribution in [2.45, 2.75) is 6.42 Å². The van der Waals surface area contributed by atoms with Gasteiger partial charge in [-0.2, -0.15) is 0 Å². The van der Waals surface area contributed by atoms with E-state index in [1.165, 1.54) is 16.3 Å². The second-order valence-electron chi connectivity index (χ2n) is 4.84. The van der Waals surface area contributed by atoms with Gasteiger partial charge in [0.2, 0.25) is 0 Å². The number of para-hydroxylation sites is 1. The average molecular weight is 293 g/mol. The van der Waals surface area contributed by atoms with Gasteiger partial charge in [-0.25, -0.2) is 0 Å². The Hall–Kier alpha value is -2.39. The summed E-state index contributed by atoms with van der Waals surface area (Å²) in [7, 11) is 0. The van der Waals surface area contributed by atoms with Crippen molar-refractivity contribution < 1.29 is 4.74 Å². The van der Waals surface area contributed by atoms with Crippen molar-refractivity contribution in [2.75, 3.05) is 0 Å². The van der Waals surface area contributed by atoms with Crippen molar-refractivity contribution >= 4 is 28.2 Å². The van der Waals surface area contributed by atoms with Crippen LogP contribution in [0.25, 0.3) is 10.8 Å². The molecule has 3 rings (SSSR count). The molecule has 2 N–H and O–H groups in total. The van der Waals surface area contributed by atoms with E-state index in [9.17, 15) is 0 Å². The van der Waals surface area contributed by atoms with Crippen LogP contribution in [0.4, 0.5) is 0 Å². The quantitative estimate of drug-likeness (QED) is 0.740. The average Bonchev–Trinajstić information content (AvgIpc) is 2.49. The van der Waals surface area contributed by atoms with Gasteiger partial charge in [0.25, 0.3) is 5.17 Å². The molecule has 2 nitrogen and oxygen atoms in total. The summed E-state index contributed by atoms with van der Waals surface area (Å²) >= 11 is 4.83. The van der Waals surface area contributed by atoms with E-state index in [1.54, 1.807) is 0 Å². The molecule has 0 bridgehead atoms. The lowest BCUT2D eigenvalue weighted by atomic mass is 9.98. The summed E-state index contributed by atoms with van der Waals surface area (Å²) in [5, 5.41) is 2.54. The first-order valence-corrected chi connectivity index (χ1v) is 7.17. The molecular formula is C18H15NOS. The van der Waals surface area contributed by atoms with Gasteiger partial charge in [-0.05, 0) is 40.2 Å². The molecule has 0 saturated heterocycles. The fraction of sp³-hybridized carbons (Fsp3) is 0.0556. The van der Waals surface area contributed by atoms with E-state index in [0.29, 0.717) is 0 Å². The molecule has 0 radical (unpaired) electrons. The SMILES string of the molecule is NC(=S)Oc1ccccc1Cc1cccc2ccccc12. The molecule has 0 atom stereocenters. The minimum atomic E-state index is 0.0420. The monoisotopic (exact) mass is 293 g/mol. The third kappa shape index (κ3) is 3.03. The van der Waals surface area contributed by atoms with Gasteiger partial charge in [0.1, 0.15) is 5.75 Å². The van der Waals surface area contributed by atoms with Gasteiger partial charge in [-0.1, -0.05) is 60.7 Å². The van der Waals surface area contributed by atoms with E-state index in [-0.39, 0.29) is 5.17 Å². The molecule has 0 saturated carbocycles. The number of benzene rings is 3. The van der Waals surface area contributed by atoms with Gasteiger partial charge in [-0.15, -0.1) is 0 Å². The summed E-state index contributed by atoms with van der Waals surface area (Å²) in [6.45, 7) is 0. The number of hydrogen-bond donors (Lipinski definition) is 1. The maximum absolute atomic E-state index is 5.49. The molecule has 0 fully saturated rings. The Morgan fingerprint density at radius 3 is 2.38 bits per heavy atom. The highest BCUT2D eigenvalue weighted by atomic mass is 32.1. The highest BCUT2D eigenvalue weighted by Crippen LogP contribution is 2.25. The molecule has 0 aliphatic rings. The smallest absolute Gasteiger partial charge is 0.259 e. The van der Waals surface area contributed by atoms with E-state index in [2.05, 4.69) is 42.5 Å². The van der Waals surface area contributed by atoms with E-state index >= 15 is 0 Å². The minimum Gasteiger partial charge on any atom is -0.432 e. The van der Waals surface area contributed by atoms with Gasteiger partial charge < -0.3 is 10.5 Å². The van der Waals surface area contributed by atoms with Crippen LogP contribution in [0.1, 0.15) is 11.1 Å². The van der Waals surface area contributed by atoms with Crippen LogP contribution in [0, 0.1) is 0 Å². The van der Waals surface area contributed by atoms with E-state index in [4.69, 9.17) is 22.7 Å². The zero-order valence-electron chi connectivity index (χ0n) is 11.5. The van der Waals surface area contributed by atoms with Crippen molar-refractivity contribution in [3.63, 3.8) is 0 Å². The number of nitrogens with two attached hydrogens (primary N) is 1. The second-order valence-corrected chi connectivity index (χ2v) is 5.25. The van der Waals surface area contributed by atoms with Gasteiger partial charge in [0.05, 0.1) is 0 Å². The molecule has 0 aliphatic heterocycles. The molecule has 0 spiro atoms. The van der Waals surface area contributed by atoms with Crippen LogP contribution in [0.15, 0.2) is 66.7 Å². The van der Waals surface area contributed by atoms with Crippen LogP contribution in [-0.4, -0.2) is 5.17 Å². The number of ether oxygens (including phenoxy) is 1. The summed E-state index contributed by atoms with van der Waals surface area (Å²) in [4.78, 5) is 0. The van der Waals surface area contributed by atoms with Gasteiger partial charge in [-0.3, -0.25) is 0 Å². The van der Waals surface area contributed by atoms with Gasteiger partial charge in [0.15, 0.2) is 0 Å². The summed E-state index contributed by atoms with van der Waals surface area (Å²) in [5.41, 5.74) is 7.81. The molecule has 104 valence electrons. The van der Waals surface area contributed by atoms with Gasteiger partial charge >= 0.3 is 0 Å². The molecule has 3 aromatic carbocycles. The topological polar surface area (TPSA) is 35.2 Å². The predicted molar refractivity (Wildman–Crippen MR) is 90.6 cm³/mol. The van der Waals surface area contributed by atoms with Crippen LogP contribution in [0.2, 0.25) is 0 Å². The highest BCUT2D eigenvalue weighted by molar-refractivity contribution is 7.80. The summed E-state index contributed by atoms with van der Waals surface area (Å²) in [6.07, 6.45) is 0.778. The molecule has 0 heterocycles. The molecular weight excluding hydrogens is 278 g/mol. The standard InChI is InChI=1S/C18H15NOS/c19-18(21)20-17-11-4-2-7-15(17)12-14-9-5-8-13-6-1-3-10-16(13)14/h1-11H,12H2,(H2,19,21). The Morgan fingerprint density at radius 2 is 1.52 bits per heavy atom. The highest BCUT2D eigenvalue weighted by Gasteiger charge is 2.07. The van der Waals surface area contributed by atoms with Crippen molar-refractivity contribution in [3.05, 3.63) is 77.9 Å². The van der Waals surface area contributed by atoms with E-state index in [0.717, 1.165) is 17.7 Å². The lowest BCUT2D eigenvalue weighted by molar-refractivity contribution is 0.550. The predicted octanol–water partition coefficient (Wildman–Crippen LogP) is 4.05. The lowest BCUT2D eigenvalue weighted by Crippen LogP contribution is -2.16. The molecule has 0 aromatic heterocycles. The first-order chi connectivity index (χ1) is 10.2. The Labute approximate surface area is 129 Å². The Bertz CT molecular complexity index is 793. The van der Waals surface area contributed by atoms with E-state index < -0.39 is 0 Å². The first-order valence-electron chi connectivity index (χ1n) is 6.76. The largest absolute Gasteiger partial charge is 0.432 e.